The Morgan fingerprint density at radius 3 is 2.62 bits per heavy atom. The number of rotatable bonds is 5. The summed E-state index contributed by atoms with van der Waals surface area (Å²) in [6.07, 6.45) is 7.78. The third-order valence-corrected chi connectivity index (χ3v) is 4.36. The molecule has 0 spiro atoms. The van der Waals surface area contributed by atoms with Crippen LogP contribution in [0.4, 0.5) is 0 Å². The lowest BCUT2D eigenvalue weighted by Crippen LogP contribution is -2.44. The van der Waals surface area contributed by atoms with Crippen LogP contribution in [-0.4, -0.2) is 14.0 Å². The second-order valence-electron chi connectivity index (χ2n) is 4.93. The predicted octanol–water partition coefficient (Wildman–Crippen LogP) is 2.37. The van der Waals surface area contributed by atoms with Crippen LogP contribution in [0.25, 0.3) is 0 Å². The van der Waals surface area contributed by atoms with Gasteiger partial charge in [-0.3, -0.25) is 0 Å². The van der Waals surface area contributed by atoms with Crippen LogP contribution in [0.3, 0.4) is 0 Å². The van der Waals surface area contributed by atoms with E-state index < -0.39 is 15.7 Å². The van der Waals surface area contributed by atoms with Crippen molar-refractivity contribution < 1.29 is 12.7 Å². The fourth-order valence-electron chi connectivity index (χ4n) is 1.94. The molecule has 0 saturated carbocycles. The maximum Gasteiger partial charge on any atom is 0.312 e. The van der Waals surface area contributed by atoms with Gasteiger partial charge in [-0.05, 0) is 25.5 Å². The molecule has 1 N–H and O–H groups in total. The van der Waals surface area contributed by atoms with E-state index in [0.29, 0.717) is 6.42 Å². The Labute approximate surface area is 124 Å². The number of hydrogen-bond donors (Lipinski definition) is 1. The monoisotopic (exact) mass is 304 g/mol. The van der Waals surface area contributed by atoms with Crippen molar-refractivity contribution in [1.29, 1.82) is 5.26 Å². The average molecular weight is 304 g/mol. The molecule has 0 amide bonds. The molecule has 1 aliphatic carbocycles. The molecule has 0 fully saturated rings. The second kappa shape index (κ2) is 6.22. The Morgan fingerprint density at radius 1 is 1.33 bits per heavy atom. The maximum absolute atomic E-state index is 12.1. The predicted molar refractivity (Wildman–Crippen MR) is 78.4 cm³/mol. The molecule has 5 nitrogen and oxygen atoms in total. The Hall–Kier alpha value is -1.94. The minimum Gasteiger partial charge on any atom is -0.198 e. The second-order valence-corrected chi connectivity index (χ2v) is 6.48. The first-order valence-electron chi connectivity index (χ1n) is 6.46. The molecule has 1 aromatic carbocycles. The summed E-state index contributed by atoms with van der Waals surface area (Å²) in [5, 5.41) is 8.91. The van der Waals surface area contributed by atoms with E-state index in [1.54, 1.807) is 24.3 Å². The highest BCUT2D eigenvalue weighted by molar-refractivity contribution is 7.86. The van der Waals surface area contributed by atoms with Crippen LogP contribution in [0, 0.1) is 18.3 Å². The highest BCUT2D eigenvalue weighted by atomic mass is 32.2. The van der Waals surface area contributed by atoms with Crippen LogP contribution < -0.4 is 5.48 Å². The molecular formula is C15H16N2O3S. The standard InChI is InChI=1S/C15H16N2O3S/c1-13-5-7-14(8-6-13)21(18,19)20-17-15(11-12-16)9-3-2-4-10-15/h2-9,17H,10-11H2,1H3. The number of benzene rings is 1. The molecular weight excluding hydrogens is 288 g/mol. The molecule has 1 aliphatic rings. The molecule has 0 heterocycles. The summed E-state index contributed by atoms with van der Waals surface area (Å²) >= 11 is 0. The van der Waals surface area contributed by atoms with Crippen LogP contribution in [0.15, 0.2) is 53.5 Å². The van der Waals surface area contributed by atoms with Crippen LogP contribution in [0.5, 0.6) is 0 Å². The van der Waals surface area contributed by atoms with Gasteiger partial charge >= 0.3 is 10.1 Å². The van der Waals surface area contributed by atoms with Gasteiger partial charge in [0.25, 0.3) is 0 Å². The van der Waals surface area contributed by atoms with Gasteiger partial charge in [-0.25, -0.2) is 0 Å². The summed E-state index contributed by atoms with van der Waals surface area (Å²) < 4.78 is 29.2. The maximum atomic E-state index is 12.1. The largest absolute Gasteiger partial charge is 0.312 e. The third-order valence-electron chi connectivity index (χ3n) is 3.20. The first-order chi connectivity index (χ1) is 9.97. The molecule has 6 heteroatoms. The first-order valence-corrected chi connectivity index (χ1v) is 7.87. The minimum absolute atomic E-state index is 0.0723. The minimum atomic E-state index is -3.91. The van der Waals surface area contributed by atoms with Crippen molar-refractivity contribution in [3.63, 3.8) is 0 Å². The zero-order valence-corrected chi connectivity index (χ0v) is 12.4. The Kier molecular flexibility index (Phi) is 4.58. The van der Waals surface area contributed by atoms with Gasteiger partial charge in [-0.1, -0.05) is 42.0 Å². The molecule has 110 valence electrons. The highest BCUT2D eigenvalue weighted by Gasteiger charge is 2.30. The van der Waals surface area contributed by atoms with Gasteiger partial charge in [0.05, 0.1) is 22.9 Å². The number of hydrogen-bond acceptors (Lipinski definition) is 5. The smallest absolute Gasteiger partial charge is 0.198 e. The lowest BCUT2D eigenvalue weighted by Gasteiger charge is -2.28. The van der Waals surface area contributed by atoms with Gasteiger partial charge in [-0.15, -0.1) is 0 Å². The highest BCUT2D eigenvalue weighted by Crippen LogP contribution is 2.23. The molecule has 1 atom stereocenters. The van der Waals surface area contributed by atoms with Gasteiger partial charge in [0, 0.05) is 0 Å². The lowest BCUT2D eigenvalue weighted by molar-refractivity contribution is 0.125. The zero-order chi connectivity index (χ0) is 15.3. The van der Waals surface area contributed by atoms with E-state index in [-0.39, 0.29) is 11.3 Å². The summed E-state index contributed by atoms with van der Waals surface area (Å²) in [5.74, 6) is 0. The lowest BCUT2D eigenvalue weighted by atomic mass is 9.89. The van der Waals surface area contributed by atoms with Crippen LogP contribution in [-0.2, 0) is 14.4 Å². The normalized spacial score (nSPS) is 21.1. The molecule has 0 radical (unpaired) electrons. The molecule has 0 aliphatic heterocycles. The van der Waals surface area contributed by atoms with Gasteiger partial charge in [0.15, 0.2) is 0 Å². The number of nitrogens with one attached hydrogen (secondary N) is 1. The summed E-state index contributed by atoms with van der Waals surface area (Å²) in [4.78, 5) is 0.0723. The van der Waals surface area contributed by atoms with Crippen LogP contribution in [0.2, 0.25) is 0 Å². The van der Waals surface area contributed by atoms with Gasteiger partial charge in [0.1, 0.15) is 0 Å². The molecule has 0 saturated heterocycles. The SMILES string of the molecule is Cc1ccc(S(=O)(=O)ONC2(CC#N)C=CC=CC2)cc1. The summed E-state index contributed by atoms with van der Waals surface area (Å²) in [7, 11) is -3.91. The molecule has 0 bridgehead atoms. The van der Waals surface area contributed by atoms with E-state index in [2.05, 4.69) is 5.48 Å². The van der Waals surface area contributed by atoms with Crippen molar-refractivity contribution in [3.8, 4) is 6.07 Å². The first kappa shape index (κ1) is 15.4. The summed E-state index contributed by atoms with van der Waals surface area (Å²) in [6, 6.07) is 8.41. The quantitative estimate of drug-likeness (QED) is 0.845. The van der Waals surface area contributed by atoms with E-state index in [4.69, 9.17) is 9.55 Å². The van der Waals surface area contributed by atoms with Crippen LogP contribution in [0.1, 0.15) is 18.4 Å². The number of allylic oxidation sites excluding steroid dienone is 2. The van der Waals surface area contributed by atoms with Crippen molar-refractivity contribution in [2.45, 2.75) is 30.2 Å². The van der Waals surface area contributed by atoms with Gasteiger partial charge < -0.3 is 0 Å². The van der Waals surface area contributed by atoms with Gasteiger partial charge in [-0.2, -0.15) is 23.4 Å². The molecule has 2 rings (SSSR count). The van der Waals surface area contributed by atoms with Crippen LogP contribution >= 0.6 is 0 Å². The molecule has 21 heavy (non-hydrogen) atoms. The number of nitrogens with zero attached hydrogens (tertiary/aromatic N) is 1. The third kappa shape index (κ3) is 3.79. The summed E-state index contributed by atoms with van der Waals surface area (Å²) in [6.45, 7) is 1.87. The average Bonchev–Trinajstić information content (AvgIpc) is 2.47. The number of hydroxylamine groups is 1. The topological polar surface area (TPSA) is 79.2 Å². The Bertz CT molecular complexity index is 699. The van der Waals surface area contributed by atoms with Crippen molar-refractivity contribution in [3.05, 3.63) is 54.1 Å². The van der Waals surface area contributed by atoms with E-state index in [9.17, 15) is 8.42 Å². The number of nitriles is 1. The van der Waals surface area contributed by atoms with E-state index in [1.165, 1.54) is 12.1 Å². The van der Waals surface area contributed by atoms with Crippen molar-refractivity contribution in [2.24, 2.45) is 0 Å². The fraction of sp³-hybridized carbons (Fsp3) is 0.267. The summed E-state index contributed by atoms with van der Waals surface area (Å²) in [5.41, 5.74) is 2.68. The molecule has 0 aromatic heterocycles. The van der Waals surface area contributed by atoms with Crippen molar-refractivity contribution >= 4 is 10.1 Å². The van der Waals surface area contributed by atoms with E-state index in [0.717, 1.165) is 5.56 Å². The fourth-order valence-corrected chi connectivity index (χ4v) is 2.78. The van der Waals surface area contributed by atoms with Crippen molar-refractivity contribution in [2.75, 3.05) is 0 Å². The molecule has 1 aromatic rings. The Morgan fingerprint density at radius 2 is 2.05 bits per heavy atom. The van der Waals surface area contributed by atoms with Crippen molar-refractivity contribution in [1.82, 2.24) is 5.48 Å². The van der Waals surface area contributed by atoms with E-state index in [1.807, 2.05) is 25.1 Å². The Balaban J connectivity index is 2.13. The van der Waals surface area contributed by atoms with Gasteiger partial charge in [0.2, 0.25) is 0 Å². The number of aryl methyl sites for hydroxylation is 1. The molecule has 1 unspecified atom stereocenters. The zero-order valence-electron chi connectivity index (χ0n) is 11.6. The van der Waals surface area contributed by atoms with E-state index >= 15 is 0 Å².